The fourth-order valence-electron chi connectivity index (χ4n) is 5.08. The van der Waals surface area contributed by atoms with Crippen molar-refractivity contribution in [2.75, 3.05) is 12.4 Å². The van der Waals surface area contributed by atoms with Crippen LogP contribution in [0.25, 0.3) is 0 Å². The number of nitrogens with one attached hydrogen (secondary N) is 1. The molecule has 0 atom stereocenters. The Labute approximate surface area is 327 Å². The van der Waals surface area contributed by atoms with Gasteiger partial charge >= 0.3 is 275 Å². The average Bonchev–Trinajstić information content (AvgIpc) is 3.75. The number of nitrogens with zero attached hydrogens (tertiary/aromatic N) is 4. The van der Waals surface area contributed by atoms with Gasteiger partial charge in [-0.2, -0.15) is 0 Å². The molecule has 4 aromatic carbocycles. The second kappa shape index (κ2) is 17.0. The molecule has 0 saturated carbocycles. The number of hydrogen-bond acceptors (Lipinski definition) is 9. The molecule has 15 heteroatoms. The van der Waals surface area contributed by atoms with E-state index in [0.29, 0.717) is 31.6 Å². The number of amides is 1. The summed E-state index contributed by atoms with van der Waals surface area (Å²) in [4.78, 5) is 53.8. The maximum atomic E-state index is 13.5. The fraction of sp³-hybridized carbons (Fsp3) is 0.105. The molecule has 2 heterocycles. The number of aromatic nitrogens is 4. The third-order valence-electron chi connectivity index (χ3n) is 7.68. The minimum atomic E-state index is -1.30. The van der Waals surface area contributed by atoms with Crippen LogP contribution in [0.5, 0.6) is 11.8 Å². The molecule has 0 fully saturated rings. The molecule has 53 heavy (non-hydrogen) atoms. The Kier molecular flexibility index (Phi) is 12.0. The van der Waals surface area contributed by atoms with Gasteiger partial charge in [0.05, 0.1) is 0 Å². The third kappa shape index (κ3) is 9.39. The van der Waals surface area contributed by atoms with Crippen LogP contribution in [0.3, 0.4) is 0 Å². The number of benzene rings is 4. The molecule has 6 rings (SSSR count). The van der Waals surface area contributed by atoms with E-state index in [1.807, 2.05) is 60.7 Å². The zero-order valence-corrected chi connectivity index (χ0v) is 33.2. The predicted octanol–water partition coefficient (Wildman–Crippen LogP) is 6.20. The van der Waals surface area contributed by atoms with E-state index in [0.717, 1.165) is 11.1 Å². The van der Waals surface area contributed by atoms with Crippen LogP contribution >= 0.6 is 31.9 Å². The maximum absolute atomic E-state index is 13.5. The van der Waals surface area contributed by atoms with Crippen molar-refractivity contribution in [3.63, 3.8) is 0 Å². The second-order valence-electron chi connectivity index (χ2n) is 11.4. The number of hydrogen-bond donors (Lipinski definition) is 1. The number of aryl methyl sites for hydroxylation is 1. The van der Waals surface area contributed by atoms with Crippen LogP contribution < -0.4 is 19.1 Å². The van der Waals surface area contributed by atoms with Crippen molar-refractivity contribution in [2.45, 2.75) is 13.2 Å². The van der Waals surface area contributed by atoms with E-state index in [9.17, 15) is 19.2 Å². The van der Waals surface area contributed by atoms with Crippen LogP contribution in [-0.4, -0.2) is 64.8 Å². The van der Waals surface area contributed by atoms with Gasteiger partial charge in [-0.25, -0.2) is 0 Å². The van der Waals surface area contributed by atoms with Crippen LogP contribution in [0.1, 0.15) is 52.8 Å². The number of methoxy groups -OCH3 is 1. The number of carbonyl (C=O) groups is 4. The molecule has 0 aliphatic heterocycles. The molecule has 0 unspecified atom stereocenters. The summed E-state index contributed by atoms with van der Waals surface area (Å²) in [5, 5.41) is 11.4. The molecule has 0 aliphatic rings. The molecular weight excluding hydrogens is 873 g/mol. The van der Waals surface area contributed by atoms with Gasteiger partial charge in [-0.1, -0.05) is 30.3 Å². The number of rotatable bonds is 13. The van der Waals surface area contributed by atoms with Crippen molar-refractivity contribution < 1.29 is 33.4 Å². The molecule has 1 N–H and O–H groups in total. The molecule has 1 radical (unpaired) electrons. The van der Waals surface area contributed by atoms with Gasteiger partial charge in [0.1, 0.15) is 6.61 Å². The predicted molar refractivity (Wildman–Crippen MR) is 204 cm³/mol. The van der Waals surface area contributed by atoms with Gasteiger partial charge in [-0.3, -0.25) is 0 Å². The van der Waals surface area contributed by atoms with Crippen molar-refractivity contribution in [1.29, 1.82) is 0 Å². The van der Waals surface area contributed by atoms with Crippen LogP contribution in [0.15, 0.2) is 118 Å². The Hall–Kier alpha value is -5.30. The zero-order chi connectivity index (χ0) is 37.5. The van der Waals surface area contributed by atoms with Gasteiger partial charge in [0, 0.05) is 7.05 Å². The quantitative estimate of drug-likeness (QED) is 0.0815. The Morgan fingerprint density at radius 2 is 1.36 bits per heavy atom. The van der Waals surface area contributed by atoms with Crippen LogP contribution in [0, 0.1) is 0 Å². The number of carbonyl (C=O) groups excluding carboxylic acids is 4. The molecule has 0 saturated heterocycles. The number of anilines is 1. The number of halogens is 2. The molecule has 267 valence electrons. The molecule has 0 spiro atoms. The SMILES string of the molecule is COc1cc(C(=O)[As]c2ccc(Br)cc2C(=O)OC(=O)c2cc(Br)ccc2NC(=O)c2cc(OCc3ccccc3)n(C)n2)nn1Cc1ccccc1. The zero-order valence-electron chi connectivity index (χ0n) is 28.2. The molecule has 1 amide bonds. The van der Waals surface area contributed by atoms with Crippen LogP contribution in [0.2, 0.25) is 0 Å². The van der Waals surface area contributed by atoms with E-state index in [1.165, 1.54) is 36.1 Å². The van der Waals surface area contributed by atoms with E-state index in [1.54, 1.807) is 36.0 Å². The summed E-state index contributed by atoms with van der Waals surface area (Å²) in [5.74, 6) is -1.82. The number of esters is 2. The van der Waals surface area contributed by atoms with Gasteiger partial charge in [-0.05, 0) is 5.56 Å². The van der Waals surface area contributed by atoms with E-state index in [2.05, 4.69) is 47.4 Å². The van der Waals surface area contributed by atoms with Gasteiger partial charge < -0.3 is 4.74 Å². The van der Waals surface area contributed by atoms with E-state index >= 15 is 0 Å². The van der Waals surface area contributed by atoms with Gasteiger partial charge in [0.2, 0.25) is 0 Å². The topological polar surface area (TPSA) is 144 Å². The standard InChI is InChI=1S/C38H29AsBr2N5O7/c1-45-33(52-22-24-11-7-4-8-12-24)20-32(43-45)36(48)42-30-16-14-26(41)18-28(30)38(50)53-37(49)27-17-25(40)13-15-29(27)39-35(47)31-19-34(51-2)46(44-31)21-23-9-5-3-6-10-23/h3-20H,21-22H2,1-2H3,(H,42,48). The van der Waals surface area contributed by atoms with Crippen molar-refractivity contribution in [3.8, 4) is 11.8 Å². The van der Waals surface area contributed by atoms with E-state index in [-0.39, 0.29) is 39.4 Å². The van der Waals surface area contributed by atoms with Crippen molar-refractivity contribution in [2.24, 2.45) is 7.05 Å². The second-order valence-corrected chi connectivity index (χ2v) is 15.5. The Morgan fingerprint density at radius 3 is 2.06 bits per heavy atom. The summed E-state index contributed by atoms with van der Waals surface area (Å²) in [7, 11) is 3.15. The molecule has 2 aromatic heterocycles. The van der Waals surface area contributed by atoms with Crippen molar-refractivity contribution in [3.05, 3.63) is 152 Å². The summed E-state index contributed by atoms with van der Waals surface area (Å²) < 4.78 is 20.8. The molecule has 6 aromatic rings. The summed E-state index contributed by atoms with van der Waals surface area (Å²) in [6, 6.07) is 31.6. The van der Waals surface area contributed by atoms with Crippen molar-refractivity contribution >= 4 is 80.1 Å². The normalized spacial score (nSPS) is 11.0. The molecule has 12 nitrogen and oxygen atoms in total. The molecule has 0 bridgehead atoms. The fourth-order valence-corrected chi connectivity index (χ4v) is 7.62. The van der Waals surface area contributed by atoms with E-state index in [4.69, 9.17) is 14.2 Å². The monoisotopic (exact) mass is 900 g/mol. The van der Waals surface area contributed by atoms with Crippen LogP contribution in [0.4, 0.5) is 5.69 Å². The summed E-state index contributed by atoms with van der Waals surface area (Å²) in [6.45, 7) is 0.678. The number of ether oxygens (including phenoxy) is 3. The summed E-state index contributed by atoms with van der Waals surface area (Å²) >= 11 is 5.42. The van der Waals surface area contributed by atoms with Gasteiger partial charge in [-0.15, -0.1) is 0 Å². The summed E-state index contributed by atoms with van der Waals surface area (Å²) in [6.07, 6.45) is 0. The van der Waals surface area contributed by atoms with E-state index < -0.39 is 33.6 Å². The first-order valence-electron chi connectivity index (χ1n) is 15.9. The first-order valence-corrected chi connectivity index (χ1v) is 19.3. The van der Waals surface area contributed by atoms with Crippen molar-refractivity contribution in [1.82, 2.24) is 19.6 Å². The third-order valence-corrected chi connectivity index (χ3v) is 10.9. The Morgan fingerprint density at radius 1 is 0.736 bits per heavy atom. The minimum absolute atomic E-state index is 0.0360. The van der Waals surface area contributed by atoms with Crippen LogP contribution in [-0.2, 0) is 24.9 Å². The first-order chi connectivity index (χ1) is 25.6. The molecular formula is C38H29AsBr2N5O7. The summed E-state index contributed by atoms with van der Waals surface area (Å²) in [5.41, 5.74) is 2.19. The van der Waals surface area contributed by atoms with Gasteiger partial charge in [0.25, 0.3) is 0 Å². The Bertz CT molecular complexity index is 2310. The Balaban J connectivity index is 1.16. The average molecular weight is 902 g/mol. The van der Waals surface area contributed by atoms with Gasteiger partial charge in [0.15, 0.2) is 0 Å². The molecule has 0 aliphatic carbocycles. The first kappa shape index (κ1) is 37.5.